The van der Waals surface area contributed by atoms with E-state index in [-0.39, 0.29) is 12.0 Å². The van der Waals surface area contributed by atoms with Crippen LogP contribution in [0, 0.1) is 0 Å². The number of hydrogen-bond donors (Lipinski definition) is 1. The first kappa shape index (κ1) is 13.5. The molecule has 0 aromatic carbocycles. The molecule has 0 amide bonds. The molecule has 0 saturated carbocycles. The zero-order valence-corrected chi connectivity index (χ0v) is 11.8. The number of nitrogens with zero attached hydrogens (tertiary/aromatic N) is 4. The molecule has 0 bridgehead atoms. The molecule has 110 valence electrons. The lowest BCUT2D eigenvalue weighted by molar-refractivity contribution is -0.138. The molecule has 1 aliphatic carbocycles. The van der Waals surface area contributed by atoms with Gasteiger partial charge < -0.3 is 15.0 Å². The van der Waals surface area contributed by atoms with Gasteiger partial charge >= 0.3 is 5.97 Å². The van der Waals surface area contributed by atoms with Gasteiger partial charge in [-0.05, 0) is 26.2 Å². The number of aromatic nitrogens is 4. The second kappa shape index (κ2) is 5.51. The molecule has 2 aromatic heterocycles. The minimum absolute atomic E-state index is 0.210. The maximum absolute atomic E-state index is 11.7. The van der Waals surface area contributed by atoms with Gasteiger partial charge in [-0.15, -0.1) is 0 Å². The Bertz CT molecular complexity index is 706. The number of esters is 1. The van der Waals surface area contributed by atoms with Crippen LogP contribution in [0.25, 0.3) is 11.2 Å². The predicted molar refractivity (Wildman–Crippen MR) is 77.3 cm³/mol. The SMILES string of the molecule is CCOC(=O)C1=CC[C@@H](n2cnc3c(N)ncnc32)CC1. The maximum Gasteiger partial charge on any atom is 0.333 e. The third kappa shape index (κ3) is 2.46. The van der Waals surface area contributed by atoms with Crippen LogP contribution in [0.3, 0.4) is 0 Å². The number of allylic oxidation sites excluding steroid dienone is 1. The Hall–Kier alpha value is -2.44. The molecular formula is C14H17N5O2. The third-order valence-electron chi connectivity index (χ3n) is 3.70. The first-order valence-corrected chi connectivity index (χ1v) is 7.00. The first-order valence-electron chi connectivity index (χ1n) is 7.00. The van der Waals surface area contributed by atoms with E-state index in [0.29, 0.717) is 24.4 Å². The summed E-state index contributed by atoms with van der Waals surface area (Å²) in [6, 6.07) is 0.225. The van der Waals surface area contributed by atoms with E-state index in [1.54, 1.807) is 6.33 Å². The monoisotopic (exact) mass is 287 g/mol. The molecule has 1 atom stereocenters. The van der Waals surface area contributed by atoms with E-state index in [4.69, 9.17) is 10.5 Å². The van der Waals surface area contributed by atoms with Gasteiger partial charge in [-0.1, -0.05) is 6.08 Å². The van der Waals surface area contributed by atoms with Crippen molar-refractivity contribution in [2.45, 2.75) is 32.2 Å². The summed E-state index contributed by atoms with van der Waals surface area (Å²) < 4.78 is 7.04. The van der Waals surface area contributed by atoms with E-state index in [1.807, 2.05) is 17.6 Å². The molecular weight excluding hydrogens is 270 g/mol. The van der Waals surface area contributed by atoms with E-state index >= 15 is 0 Å². The molecule has 0 spiro atoms. The van der Waals surface area contributed by atoms with Gasteiger partial charge in [0.25, 0.3) is 0 Å². The van der Waals surface area contributed by atoms with Gasteiger partial charge in [-0.25, -0.2) is 19.7 Å². The van der Waals surface area contributed by atoms with E-state index in [9.17, 15) is 4.79 Å². The molecule has 7 heteroatoms. The first-order chi connectivity index (χ1) is 10.2. The van der Waals surface area contributed by atoms with Crippen molar-refractivity contribution in [3.8, 4) is 0 Å². The Morgan fingerprint density at radius 1 is 1.48 bits per heavy atom. The number of anilines is 1. The fourth-order valence-electron chi connectivity index (χ4n) is 2.62. The molecule has 2 heterocycles. The van der Waals surface area contributed by atoms with Crippen molar-refractivity contribution in [3.05, 3.63) is 24.3 Å². The summed E-state index contributed by atoms with van der Waals surface area (Å²) in [6.45, 7) is 2.22. The van der Waals surface area contributed by atoms with Crippen LogP contribution in [0.2, 0.25) is 0 Å². The lowest BCUT2D eigenvalue weighted by Crippen LogP contribution is -2.16. The smallest absolute Gasteiger partial charge is 0.333 e. The lowest BCUT2D eigenvalue weighted by atomic mass is 9.95. The van der Waals surface area contributed by atoms with Crippen LogP contribution in [-0.2, 0) is 9.53 Å². The minimum Gasteiger partial charge on any atom is -0.463 e. The second-order valence-corrected chi connectivity index (χ2v) is 4.96. The molecule has 0 aliphatic heterocycles. The fourth-order valence-corrected chi connectivity index (χ4v) is 2.62. The number of hydrogen-bond acceptors (Lipinski definition) is 6. The second-order valence-electron chi connectivity index (χ2n) is 4.96. The molecule has 0 radical (unpaired) electrons. The number of rotatable bonds is 3. The Labute approximate surface area is 121 Å². The van der Waals surface area contributed by atoms with Crippen molar-refractivity contribution in [2.24, 2.45) is 0 Å². The Balaban J connectivity index is 1.83. The average Bonchev–Trinajstić information content (AvgIpc) is 2.93. The maximum atomic E-state index is 11.7. The van der Waals surface area contributed by atoms with E-state index in [2.05, 4.69) is 15.0 Å². The zero-order valence-electron chi connectivity index (χ0n) is 11.8. The summed E-state index contributed by atoms with van der Waals surface area (Å²) in [5, 5.41) is 0. The van der Waals surface area contributed by atoms with Gasteiger partial charge in [0.1, 0.15) is 11.8 Å². The molecule has 2 N–H and O–H groups in total. The van der Waals surface area contributed by atoms with Gasteiger partial charge in [-0.2, -0.15) is 0 Å². The normalized spacial score (nSPS) is 18.5. The van der Waals surface area contributed by atoms with Crippen LogP contribution in [0.15, 0.2) is 24.3 Å². The summed E-state index contributed by atoms with van der Waals surface area (Å²) in [4.78, 5) is 24.2. The van der Waals surface area contributed by atoms with Crippen molar-refractivity contribution in [1.82, 2.24) is 19.5 Å². The molecule has 2 aromatic rings. The lowest BCUT2D eigenvalue weighted by Gasteiger charge is -2.22. The molecule has 7 nitrogen and oxygen atoms in total. The Morgan fingerprint density at radius 2 is 2.33 bits per heavy atom. The summed E-state index contributed by atoms with van der Waals surface area (Å²) in [6.07, 6.45) is 7.43. The van der Waals surface area contributed by atoms with E-state index < -0.39 is 0 Å². The van der Waals surface area contributed by atoms with Crippen LogP contribution >= 0.6 is 0 Å². The van der Waals surface area contributed by atoms with Gasteiger partial charge in [-0.3, -0.25) is 0 Å². The fraction of sp³-hybridized carbons (Fsp3) is 0.429. The third-order valence-corrected chi connectivity index (χ3v) is 3.70. The molecule has 0 fully saturated rings. The van der Waals surface area contributed by atoms with Crippen molar-refractivity contribution in [1.29, 1.82) is 0 Å². The van der Waals surface area contributed by atoms with E-state index in [0.717, 1.165) is 24.1 Å². The van der Waals surface area contributed by atoms with Crippen LogP contribution in [-0.4, -0.2) is 32.1 Å². The van der Waals surface area contributed by atoms with Crippen molar-refractivity contribution in [2.75, 3.05) is 12.3 Å². The summed E-state index contributed by atoms with van der Waals surface area (Å²) in [5.74, 6) is 0.176. The number of nitrogen functional groups attached to an aromatic ring is 1. The highest BCUT2D eigenvalue weighted by atomic mass is 16.5. The minimum atomic E-state index is -0.210. The van der Waals surface area contributed by atoms with Crippen LogP contribution in [0.4, 0.5) is 5.82 Å². The standard InChI is InChI=1S/C14H17N5O2/c1-2-21-14(20)9-3-5-10(6-4-9)19-8-18-11-12(15)16-7-17-13(11)19/h3,7-8,10H,2,4-6H2,1H3,(H2,15,16,17)/t10-/m1/s1. The predicted octanol–water partition coefficient (Wildman–Crippen LogP) is 1.62. The number of ether oxygens (including phenoxy) is 1. The summed E-state index contributed by atoms with van der Waals surface area (Å²) in [5.41, 5.74) is 7.91. The number of fused-ring (bicyclic) bond motifs is 1. The number of carbonyl (C=O) groups excluding carboxylic acids is 1. The number of nitrogens with two attached hydrogens (primary N) is 1. The van der Waals surface area contributed by atoms with Crippen molar-refractivity contribution in [3.63, 3.8) is 0 Å². The quantitative estimate of drug-likeness (QED) is 0.862. The van der Waals surface area contributed by atoms with Crippen molar-refractivity contribution < 1.29 is 9.53 Å². The van der Waals surface area contributed by atoms with Crippen LogP contribution in [0.1, 0.15) is 32.2 Å². The van der Waals surface area contributed by atoms with Crippen LogP contribution < -0.4 is 5.73 Å². The largest absolute Gasteiger partial charge is 0.463 e. The van der Waals surface area contributed by atoms with Gasteiger partial charge in [0.15, 0.2) is 11.5 Å². The Morgan fingerprint density at radius 3 is 3.05 bits per heavy atom. The summed E-state index contributed by atoms with van der Waals surface area (Å²) >= 11 is 0. The molecule has 1 aliphatic rings. The number of imidazole rings is 1. The highest BCUT2D eigenvalue weighted by Crippen LogP contribution is 2.30. The zero-order chi connectivity index (χ0) is 14.8. The average molecular weight is 287 g/mol. The van der Waals surface area contributed by atoms with Gasteiger partial charge in [0.2, 0.25) is 0 Å². The molecule has 21 heavy (non-hydrogen) atoms. The highest BCUT2D eigenvalue weighted by Gasteiger charge is 2.22. The topological polar surface area (TPSA) is 95.9 Å². The van der Waals surface area contributed by atoms with Gasteiger partial charge in [0, 0.05) is 11.6 Å². The van der Waals surface area contributed by atoms with Crippen molar-refractivity contribution >= 4 is 23.0 Å². The summed E-state index contributed by atoms with van der Waals surface area (Å²) in [7, 11) is 0. The molecule has 3 rings (SSSR count). The number of carbonyl (C=O) groups is 1. The van der Waals surface area contributed by atoms with Gasteiger partial charge in [0.05, 0.1) is 12.9 Å². The highest BCUT2D eigenvalue weighted by molar-refractivity contribution is 5.88. The Kier molecular flexibility index (Phi) is 3.55. The molecule has 0 unspecified atom stereocenters. The molecule has 0 saturated heterocycles. The van der Waals surface area contributed by atoms with Crippen LogP contribution in [0.5, 0.6) is 0 Å². The van der Waals surface area contributed by atoms with E-state index in [1.165, 1.54) is 6.33 Å².